The first kappa shape index (κ1) is 35.4. The minimum Gasteiger partial charge on any atom is -0.493 e. The van der Waals surface area contributed by atoms with Gasteiger partial charge in [-0.3, -0.25) is 13.9 Å². The maximum absolute atomic E-state index is 14.5. The van der Waals surface area contributed by atoms with Gasteiger partial charge in [0.05, 0.1) is 24.8 Å². The highest BCUT2D eigenvalue weighted by Crippen LogP contribution is 2.32. The molecule has 0 aromatic heterocycles. The Morgan fingerprint density at radius 1 is 0.851 bits per heavy atom. The van der Waals surface area contributed by atoms with Gasteiger partial charge in [-0.1, -0.05) is 58.4 Å². The van der Waals surface area contributed by atoms with Crippen LogP contribution in [0.1, 0.15) is 25.0 Å². The molecule has 248 valence electrons. The molecule has 0 unspecified atom stereocenters. The second-order valence-electron chi connectivity index (χ2n) is 11.0. The van der Waals surface area contributed by atoms with Gasteiger partial charge in [0.15, 0.2) is 11.5 Å². The zero-order chi connectivity index (χ0) is 34.1. The van der Waals surface area contributed by atoms with Crippen molar-refractivity contribution in [2.45, 2.75) is 43.8 Å². The van der Waals surface area contributed by atoms with Crippen LogP contribution in [0.25, 0.3) is 0 Å². The van der Waals surface area contributed by atoms with Gasteiger partial charge in [-0.15, -0.1) is 0 Å². The SMILES string of the molecule is COc1ccc(S(=O)(=O)N(CC(=O)N(Cc2cccc(Br)c2)[C@@H](Cc2ccccc2)C(=O)NC(C)C)c2ccc(F)cc2)cc1OC. The molecule has 4 rings (SSSR count). The highest BCUT2D eigenvalue weighted by molar-refractivity contribution is 9.10. The topological polar surface area (TPSA) is 105 Å². The second-order valence-corrected chi connectivity index (χ2v) is 13.8. The number of rotatable bonds is 14. The normalized spacial score (nSPS) is 11.9. The molecule has 1 atom stereocenters. The first-order valence-corrected chi connectivity index (χ1v) is 17.0. The molecule has 47 heavy (non-hydrogen) atoms. The van der Waals surface area contributed by atoms with Crippen LogP contribution in [-0.4, -0.2) is 58.0 Å². The van der Waals surface area contributed by atoms with E-state index in [0.717, 1.165) is 32.0 Å². The number of hydrogen-bond donors (Lipinski definition) is 1. The summed E-state index contributed by atoms with van der Waals surface area (Å²) in [5, 5.41) is 2.93. The number of hydrogen-bond acceptors (Lipinski definition) is 6. The molecule has 4 aromatic rings. The lowest BCUT2D eigenvalue weighted by molar-refractivity contribution is -0.140. The van der Waals surface area contributed by atoms with Gasteiger partial charge in [0.25, 0.3) is 10.0 Å². The van der Waals surface area contributed by atoms with Gasteiger partial charge in [0, 0.05) is 29.5 Å². The summed E-state index contributed by atoms with van der Waals surface area (Å²) in [5.74, 6) is -1.12. The predicted octanol–water partition coefficient (Wildman–Crippen LogP) is 5.97. The van der Waals surface area contributed by atoms with Crippen molar-refractivity contribution >= 4 is 43.5 Å². The van der Waals surface area contributed by atoms with Crippen molar-refractivity contribution in [2.75, 3.05) is 25.1 Å². The van der Waals surface area contributed by atoms with E-state index in [0.29, 0.717) is 5.75 Å². The third kappa shape index (κ3) is 9.11. The van der Waals surface area contributed by atoms with E-state index in [1.54, 1.807) is 0 Å². The third-order valence-electron chi connectivity index (χ3n) is 7.28. The lowest BCUT2D eigenvalue weighted by Crippen LogP contribution is -2.54. The molecule has 0 aliphatic rings. The number of nitrogens with zero attached hydrogens (tertiary/aromatic N) is 2. The number of sulfonamides is 1. The van der Waals surface area contributed by atoms with Crippen LogP contribution in [-0.2, 0) is 32.6 Å². The molecule has 0 bridgehead atoms. The summed E-state index contributed by atoms with van der Waals surface area (Å²) in [6, 6.07) is 24.3. The van der Waals surface area contributed by atoms with Gasteiger partial charge in [-0.25, -0.2) is 12.8 Å². The number of halogens is 2. The van der Waals surface area contributed by atoms with Crippen LogP contribution >= 0.6 is 15.9 Å². The molecule has 0 saturated heterocycles. The second kappa shape index (κ2) is 15.9. The lowest BCUT2D eigenvalue weighted by atomic mass is 10.0. The summed E-state index contributed by atoms with van der Waals surface area (Å²) in [6.07, 6.45) is 0.179. The van der Waals surface area contributed by atoms with E-state index in [1.807, 2.05) is 68.4 Å². The van der Waals surface area contributed by atoms with Crippen LogP contribution in [0.3, 0.4) is 0 Å². The lowest BCUT2D eigenvalue weighted by Gasteiger charge is -2.34. The fourth-order valence-corrected chi connectivity index (χ4v) is 6.88. The smallest absolute Gasteiger partial charge is 0.264 e. The third-order valence-corrected chi connectivity index (χ3v) is 9.54. The molecule has 0 radical (unpaired) electrons. The summed E-state index contributed by atoms with van der Waals surface area (Å²) in [5.41, 5.74) is 1.60. The fraction of sp³-hybridized carbons (Fsp3) is 0.257. The van der Waals surface area contributed by atoms with Crippen LogP contribution in [0.5, 0.6) is 11.5 Å². The van der Waals surface area contributed by atoms with Crippen molar-refractivity contribution < 1.29 is 31.9 Å². The predicted molar refractivity (Wildman–Crippen MR) is 182 cm³/mol. The molecule has 12 heteroatoms. The summed E-state index contributed by atoms with van der Waals surface area (Å²) in [6.45, 7) is 2.97. The number of amides is 2. The summed E-state index contributed by atoms with van der Waals surface area (Å²) in [7, 11) is -1.63. The molecule has 0 heterocycles. The Morgan fingerprint density at radius 3 is 2.13 bits per heavy atom. The largest absolute Gasteiger partial charge is 0.493 e. The number of anilines is 1. The number of nitrogens with one attached hydrogen (secondary N) is 1. The number of methoxy groups -OCH3 is 2. The first-order chi connectivity index (χ1) is 22.4. The van der Waals surface area contributed by atoms with Crippen molar-refractivity contribution in [1.82, 2.24) is 10.2 Å². The van der Waals surface area contributed by atoms with E-state index in [4.69, 9.17) is 9.47 Å². The monoisotopic (exact) mass is 725 g/mol. The van der Waals surface area contributed by atoms with Crippen molar-refractivity contribution in [1.29, 1.82) is 0 Å². The Bertz CT molecular complexity index is 1790. The molecule has 0 aliphatic heterocycles. The van der Waals surface area contributed by atoms with Crippen LogP contribution in [0, 0.1) is 5.82 Å². The van der Waals surface area contributed by atoms with Gasteiger partial charge in [0.1, 0.15) is 18.4 Å². The standard InChI is InChI=1S/C35H37BrFN3O6S/c1-24(2)38-35(42)31(20-25-9-6-5-7-10-25)39(22-26-11-8-12-27(36)19-26)34(41)23-40(29-15-13-28(37)14-16-29)47(43,44)30-17-18-32(45-3)33(21-30)46-4/h5-19,21,24,31H,20,22-23H2,1-4H3,(H,38,42)/t31-/m0/s1. The summed E-state index contributed by atoms with van der Waals surface area (Å²) in [4.78, 5) is 29.5. The Kier molecular flexibility index (Phi) is 12.0. The minimum atomic E-state index is -4.44. The molecule has 9 nitrogen and oxygen atoms in total. The van der Waals surface area contributed by atoms with Crippen molar-refractivity contribution in [3.05, 3.63) is 118 Å². The van der Waals surface area contributed by atoms with Gasteiger partial charge >= 0.3 is 0 Å². The fourth-order valence-electron chi connectivity index (χ4n) is 5.01. The molecule has 0 aliphatic carbocycles. The zero-order valence-electron chi connectivity index (χ0n) is 26.5. The molecule has 0 spiro atoms. The Labute approximate surface area is 283 Å². The Morgan fingerprint density at radius 2 is 1.51 bits per heavy atom. The van der Waals surface area contributed by atoms with Crippen molar-refractivity contribution in [3.8, 4) is 11.5 Å². The first-order valence-electron chi connectivity index (χ1n) is 14.8. The Balaban J connectivity index is 1.83. The van der Waals surface area contributed by atoms with Gasteiger partial charge < -0.3 is 19.7 Å². The van der Waals surface area contributed by atoms with Gasteiger partial charge in [0.2, 0.25) is 11.8 Å². The van der Waals surface area contributed by atoms with Crippen molar-refractivity contribution in [2.24, 2.45) is 0 Å². The van der Waals surface area contributed by atoms with Gasteiger partial charge in [-0.2, -0.15) is 0 Å². The number of carbonyl (C=O) groups is 2. The van der Waals surface area contributed by atoms with E-state index in [2.05, 4.69) is 21.2 Å². The quantitative estimate of drug-likeness (QED) is 0.172. The van der Waals surface area contributed by atoms with Gasteiger partial charge in [-0.05, 0) is 73.5 Å². The molecule has 0 fully saturated rings. The molecule has 0 saturated carbocycles. The van der Waals surface area contributed by atoms with E-state index in [9.17, 15) is 22.4 Å². The van der Waals surface area contributed by atoms with Crippen LogP contribution in [0.4, 0.5) is 10.1 Å². The molecular formula is C35H37BrFN3O6S. The molecular weight excluding hydrogens is 689 g/mol. The van der Waals surface area contributed by atoms with Crippen LogP contribution in [0.2, 0.25) is 0 Å². The van der Waals surface area contributed by atoms with E-state index >= 15 is 0 Å². The van der Waals surface area contributed by atoms with E-state index in [-0.39, 0.29) is 41.2 Å². The highest BCUT2D eigenvalue weighted by Gasteiger charge is 2.35. The van der Waals surface area contributed by atoms with E-state index < -0.39 is 34.3 Å². The van der Waals surface area contributed by atoms with E-state index in [1.165, 1.54) is 49.5 Å². The average molecular weight is 727 g/mol. The summed E-state index contributed by atoms with van der Waals surface area (Å²) < 4.78 is 54.8. The molecule has 4 aromatic carbocycles. The number of carbonyl (C=O) groups excluding carboxylic acids is 2. The number of ether oxygens (including phenoxy) is 2. The maximum atomic E-state index is 14.5. The minimum absolute atomic E-state index is 0.00888. The number of benzene rings is 4. The Hall–Kier alpha value is -4.42. The average Bonchev–Trinajstić information content (AvgIpc) is 3.05. The van der Waals surface area contributed by atoms with Crippen LogP contribution < -0.4 is 19.1 Å². The maximum Gasteiger partial charge on any atom is 0.264 e. The van der Waals surface area contributed by atoms with Crippen LogP contribution in [0.15, 0.2) is 106 Å². The molecule has 1 N–H and O–H groups in total. The molecule has 2 amide bonds. The summed E-state index contributed by atoms with van der Waals surface area (Å²) >= 11 is 3.47. The zero-order valence-corrected chi connectivity index (χ0v) is 28.9. The highest BCUT2D eigenvalue weighted by atomic mass is 79.9. The van der Waals surface area contributed by atoms with Crippen molar-refractivity contribution in [3.63, 3.8) is 0 Å².